The monoisotopic (exact) mass is 340 g/mol. The van der Waals surface area contributed by atoms with Crippen molar-refractivity contribution in [3.05, 3.63) is 71.4 Å². The molecule has 0 atom stereocenters. The van der Waals surface area contributed by atoms with Crippen molar-refractivity contribution in [3.63, 3.8) is 0 Å². The number of hydrogen-bond acceptors (Lipinski definition) is 5. The first-order valence-electron chi connectivity index (χ1n) is 7.46. The van der Waals surface area contributed by atoms with Crippen LogP contribution in [-0.4, -0.2) is 17.1 Å². The normalized spacial score (nSPS) is 10.2. The van der Waals surface area contributed by atoms with Crippen LogP contribution in [0, 0.1) is 0 Å². The van der Waals surface area contributed by atoms with Crippen molar-refractivity contribution in [1.82, 2.24) is 9.97 Å². The van der Waals surface area contributed by atoms with E-state index in [1.165, 1.54) is 5.56 Å². The molecular weight excluding hydrogens is 324 g/mol. The fraction of sp³-hybridized carbons (Fsp3) is 0.111. The second-order valence-electron chi connectivity index (χ2n) is 5.07. The van der Waals surface area contributed by atoms with E-state index in [0.29, 0.717) is 29.0 Å². The lowest BCUT2D eigenvalue weighted by molar-refractivity contribution is 0.417. The molecule has 5 nitrogen and oxygen atoms in total. The first kappa shape index (κ1) is 16.1. The molecule has 0 aliphatic heterocycles. The minimum absolute atomic E-state index is 0.466. The molecule has 24 heavy (non-hydrogen) atoms. The lowest BCUT2D eigenvalue weighted by atomic mass is 10.2. The van der Waals surface area contributed by atoms with Gasteiger partial charge in [0, 0.05) is 17.8 Å². The molecule has 0 bridgehead atoms. The highest BCUT2D eigenvalue weighted by Crippen LogP contribution is 2.29. The number of benzene rings is 2. The van der Waals surface area contributed by atoms with Gasteiger partial charge in [-0.2, -0.15) is 4.98 Å². The van der Waals surface area contributed by atoms with Crippen LogP contribution < -0.4 is 15.4 Å². The topological polar surface area (TPSA) is 59.1 Å². The molecule has 0 saturated heterocycles. The lowest BCUT2D eigenvalue weighted by Crippen LogP contribution is -2.04. The van der Waals surface area contributed by atoms with Gasteiger partial charge in [0.15, 0.2) is 0 Å². The Morgan fingerprint density at radius 3 is 2.71 bits per heavy atom. The maximum absolute atomic E-state index is 6.04. The van der Waals surface area contributed by atoms with Crippen LogP contribution in [0.3, 0.4) is 0 Å². The largest absolute Gasteiger partial charge is 0.495 e. The second kappa shape index (κ2) is 7.66. The first-order chi connectivity index (χ1) is 11.7. The quantitative estimate of drug-likeness (QED) is 0.692. The summed E-state index contributed by atoms with van der Waals surface area (Å²) in [6.45, 7) is 0.692. The Kier molecular flexibility index (Phi) is 5.13. The third-order valence-electron chi connectivity index (χ3n) is 3.38. The molecule has 6 heteroatoms. The molecular formula is C18H17ClN4O. The minimum Gasteiger partial charge on any atom is -0.495 e. The van der Waals surface area contributed by atoms with Crippen molar-refractivity contribution in [2.75, 3.05) is 17.7 Å². The molecule has 2 aromatic carbocycles. The van der Waals surface area contributed by atoms with Crippen LogP contribution in [0.5, 0.6) is 5.75 Å². The summed E-state index contributed by atoms with van der Waals surface area (Å²) < 4.78 is 5.32. The van der Waals surface area contributed by atoms with Crippen LogP contribution in [0.2, 0.25) is 5.02 Å². The highest BCUT2D eigenvalue weighted by Gasteiger charge is 2.06. The summed E-state index contributed by atoms with van der Waals surface area (Å²) in [6.07, 6.45) is 1.69. The van der Waals surface area contributed by atoms with Crippen molar-refractivity contribution in [3.8, 4) is 5.75 Å². The predicted octanol–water partition coefficient (Wildman–Crippen LogP) is 4.49. The summed E-state index contributed by atoms with van der Waals surface area (Å²) in [7, 11) is 1.60. The molecule has 0 fully saturated rings. The molecule has 1 heterocycles. The molecule has 0 aliphatic rings. The van der Waals surface area contributed by atoms with Crippen LogP contribution >= 0.6 is 11.6 Å². The number of halogens is 1. The Morgan fingerprint density at radius 2 is 1.92 bits per heavy atom. The minimum atomic E-state index is 0.466. The van der Waals surface area contributed by atoms with E-state index in [9.17, 15) is 0 Å². The number of rotatable bonds is 6. The number of nitrogens with zero attached hydrogens (tertiary/aromatic N) is 2. The van der Waals surface area contributed by atoms with Gasteiger partial charge in [-0.1, -0.05) is 41.9 Å². The molecule has 3 rings (SSSR count). The zero-order valence-corrected chi connectivity index (χ0v) is 13.9. The van der Waals surface area contributed by atoms with Gasteiger partial charge in [-0.15, -0.1) is 0 Å². The molecule has 0 amide bonds. The molecule has 1 aromatic heterocycles. The number of nitrogens with one attached hydrogen (secondary N) is 2. The number of aromatic nitrogens is 2. The number of ether oxygens (including phenoxy) is 1. The fourth-order valence-corrected chi connectivity index (χ4v) is 2.38. The van der Waals surface area contributed by atoms with Gasteiger partial charge in [0.2, 0.25) is 5.95 Å². The standard InChI is InChI=1S/C18H17ClN4O/c1-24-16-8-7-14(19)11-15(16)22-18-20-10-9-17(23-18)21-12-13-5-3-2-4-6-13/h2-11H,12H2,1H3,(H2,20,21,22,23). The van der Waals surface area contributed by atoms with Gasteiger partial charge in [0.05, 0.1) is 12.8 Å². The maximum Gasteiger partial charge on any atom is 0.229 e. The molecule has 0 unspecified atom stereocenters. The van der Waals surface area contributed by atoms with Crippen molar-refractivity contribution in [2.24, 2.45) is 0 Å². The smallest absolute Gasteiger partial charge is 0.229 e. The summed E-state index contributed by atoms with van der Waals surface area (Å²) in [5.41, 5.74) is 1.90. The summed E-state index contributed by atoms with van der Waals surface area (Å²) in [5, 5.41) is 7.02. The van der Waals surface area contributed by atoms with Gasteiger partial charge >= 0.3 is 0 Å². The second-order valence-corrected chi connectivity index (χ2v) is 5.51. The average Bonchev–Trinajstić information content (AvgIpc) is 2.61. The molecule has 0 aliphatic carbocycles. The van der Waals surface area contributed by atoms with Crippen molar-refractivity contribution in [2.45, 2.75) is 6.54 Å². The van der Waals surface area contributed by atoms with Crippen LogP contribution in [-0.2, 0) is 6.54 Å². The third kappa shape index (κ3) is 4.14. The summed E-state index contributed by atoms with van der Waals surface area (Å²) in [6, 6.07) is 17.3. The summed E-state index contributed by atoms with van der Waals surface area (Å²) >= 11 is 6.04. The maximum atomic E-state index is 6.04. The highest BCUT2D eigenvalue weighted by molar-refractivity contribution is 6.31. The van der Waals surface area contributed by atoms with E-state index in [4.69, 9.17) is 16.3 Å². The van der Waals surface area contributed by atoms with Crippen LogP contribution in [0.25, 0.3) is 0 Å². The van der Waals surface area contributed by atoms with Gasteiger partial charge in [-0.25, -0.2) is 4.98 Å². The number of anilines is 3. The van der Waals surface area contributed by atoms with E-state index >= 15 is 0 Å². The van der Waals surface area contributed by atoms with E-state index in [1.54, 1.807) is 31.5 Å². The Morgan fingerprint density at radius 1 is 1.08 bits per heavy atom. The predicted molar refractivity (Wildman–Crippen MR) is 97.1 cm³/mol. The van der Waals surface area contributed by atoms with Crippen LogP contribution in [0.4, 0.5) is 17.5 Å². The van der Waals surface area contributed by atoms with E-state index in [-0.39, 0.29) is 0 Å². The Bertz CT molecular complexity index is 811. The van der Waals surface area contributed by atoms with Gasteiger partial charge in [-0.05, 0) is 29.8 Å². The average molecular weight is 341 g/mol. The molecule has 122 valence electrons. The van der Waals surface area contributed by atoms with Gasteiger partial charge < -0.3 is 15.4 Å². The molecule has 3 aromatic rings. The van der Waals surface area contributed by atoms with Gasteiger partial charge in [-0.3, -0.25) is 0 Å². The molecule has 0 saturated carbocycles. The molecule has 0 spiro atoms. The zero-order valence-electron chi connectivity index (χ0n) is 13.2. The third-order valence-corrected chi connectivity index (χ3v) is 3.62. The fourth-order valence-electron chi connectivity index (χ4n) is 2.20. The van der Waals surface area contributed by atoms with Crippen LogP contribution in [0.1, 0.15) is 5.56 Å². The summed E-state index contributed by atoms with van der Waals surface area (Å²) in [4.78, 5) is 8.69. The Labute approximate surface area is 145 Å². The van der Waals surface area contributed by atoms with Crippen LogP contribution in [0.15, 0.2) is 60.8 Å². The van der Waals surface area contributed by atoms with E-state index < -0.39 is 0 Å². The van der Waals surface area contributed by atoms with Crippen molar-refractivity contribution >= 4 is 29.1 Å². The zero-order chi connectivity index (χ0) is 16.8. The highest BCUT2D eigenvalue weighted by atomic mass is 35.5. The Balaban J connectivity index is 1.72. The number of methoxy groups -OCH3 is 1. The van der Waals surface area contributed by atoms with Crippen molar-refractivity contribution < 1.29 is 4.74 Å². The first-order valence-corrected chi connectivity index (χ1v) is 7.84. The molecule has 2 N–H and O–H groups in total. The van der Waals surface area contributed by atoms with E-state index in [1.807, 2.05) is 24.3 Å². The number of hydrogen-bond donors (Lipinski definition) is 2. The Hall–Kier alpha value is -2.79. The van der Waals surface area contributed by atoms with Gasteiger partial charge in [0.25, 0.3) is 0 Å². The SMILES string of the molecule is COc1ccc(Cl)cc1Nc1nccc(NCc2ccccc2)n1. The van der Waals surface area contributed by atoms with E-state index in [0.717, 1.165) is 5.82 Å². The van der Waals surface area contributed by atoms with Crippen molar-refractivity contribution in [1.29, 1.82) is 0 Å². The summed E-state index contributed by atoms with van der Waals surface area (Å²) in [5.74, 6) is 1.87. The van der Waals surface area contributed by atoms with Gasteiger partial charge in [0.1, 0.15) is 11.6 Å². The van der Waals surface area contributed by atoms with E-state index in [2.05, 4.69) is 32.7 Å². The lowest BCUT2D eigenvalue weighted by Gasteiger charge is -2.11. The molecule has 0 radical (unpaired) electrons.